The van der Waals surface area contributed by atoms with Crippen LogP contribution in [0.5, 0.6) is 0 Å². The normalized spacial score (nSPS) is 41.5. The quantitative estimate of drug-likeness (QED) is 0.442. The highest BCUT2D eigenvalue weighted by Gasteiger charge is 2.72. The van der Waals surface area contributed by atoms with E-state index in [1.165, 1.54) is 5.57 Å². The second kappa shape index (κ2) is 8.48. The molecule has 4 heterocycles. The molecule has 1 amide bonds. The summed E-state index contributed by atoms with van der Waals surface area (Å²) >= 11 is 0. The van der Waals surface area contributed by atoms with E-state index >= 15 is 0 Å². The zero-order chi connectivity index (χ0) is 23.4. The van der Waals surface area contributed by atoms with Crippen molar-refractivity contribution in [2.75, 3.05) is 53.0 Å². The average molecular weight is 465 g/mol. The van der Waals surface area contributed by atoms with Crippen LogP contribution in [-0.2, 0) is 23.7 Å². The van der Waals surface area contributed by atoms with Gasteiger partial charge in [-0.15, -0.1) is 0 Å². The van der Waals surface area contributed by atoms with Gasteiger partial charge in [-0.2, -0.15) is 0 Å². The number of allylic oxidation sites excluding steroid dienone is 1. The lowest BCUT2D eigenvalue weighted by Crippen LogP contribution is -2.71. The van der Waals surface area contributed by atoms with Crippen LogP contribution in [0.15, 0.2) is 11.6 Å². The Hall–Kier alpha value is -1.19. The molecule has 1 saturated carbocycles. The number of ether oxygens (including phenoxy) is 5. The zero-order valence-electron chi connectivity index (χ0n) is 20.8. The Morgan fingerprint density at radius 2 is 1.97 bits per heavy atom. The molecule has 0 aromatic carbocycles. The Labute approximate surface area is 197 Å². The molecule has 4 saturated heterocycles. The van der Waals surface area contributed by atoms with Crippen molar-refractivity contribution in [3.8, 4) is 0 Å². The Kier molecular flexibility index (Phi) is 6.05. The van der Waals surface area contributed by atoms with Crippen LogP contribution in [0.1, 0.15) is 47.0 Å². The second-order valence-corrected chi connectivity index (χ2v) is 11.1. The molecule has 186 valence electrons. The van der Waals surface area contributed by atoms with E-state index in [9.17, 15) is 4.79 Å². The number of methoxy groups -OCH3 is 1. The molecule has 33 heavy (non-hydrogen) atoms. The van der Waals surface area contributed by atoms with Crippen molar-refractivity contribution in [3.63, 3.8) is 0 Å². The number of hydrogen-bond donors (Lipinski definition) is 0. The van der Waals surface area contributed by atoms with Gasteiger partial charge in [0, 0.05) is 20.2 Å². The first-order valence-corrected chi connectivity index (χ1v) is 12.5. The summed E-state index contributed by atoms with van der Waals surface area (Å²) in [5, 5.41) is 0. The Morgan fingerprint density at radius 1 is 1.21 bits per heavy atom. The van der Waals surface area contributed by atoms with Gasteiger partial charge in [-0.1, -0.05) is 18.6 Å². The molecule has 6 atom stereocenters. The predicted molar refractivity (Wildman–Crippen MR) is 122 cm³/mol. The molecule has 8 heteroatoms. The van der Waals surface area contributed by atoms with Crippen LogP contribution < -0.4 is 0 Å². The van der Waals surface area contributed by atoms with Crippen molar-refractivity contribution < 1.29 is 28.5 Å². The van der Waals surface area contributed by atoms with Gasteiger partial charge < -0.3 is 28.6 Å². The van der Waals surface area contributed by atoms with Gasteiger partial charge in [-0.3, -0.25) is 4.90 Å². The Morgan fingerprint density at radius 3 is 2.61 bits per heavy atom. The van der Waals surface area contributed by atoms with Crippen LogP contribution in [0, 0.1) is 5.92 Å². The van der Waals surface area contributed by atoms with Gasteiger partial charge in [0.1, 0.15) is 29.0 Å². The topological polar surface area (TPSA) is 76.3 Å². The number of epoxide rings is 2. The van der Waals surface area contributed by atoms with E-state index < -0.39 is 0 Å². The van der Waals surface area contributed by atoms with Gasteiger partial charge in [-0.25, -0.2) is 4.79 Å². The Bertz CT molecular complexity index is 788. The molecular weight excluding hydrogens is 424 g/mol. The lowest BCUT2D eigenvalue weighted by molar-refractivity contribution is -0.181. The van der Waals surface area contributed by atoms with Gasteiger partial charge in [0.2, 0.25) is 0 Å². The molecule has 5 aliphatic rings. The molecule has 5 fully saturated rings. The number of nitrogens with zero attached hydrogens (tertiary/aromatic N) is 2. The molecule has 0 bridgehead atoms. The van der Waals surface area contributed by atoms with Crippen molar-refractivity contribution in [3.05, 3.63) is 11.6 Å². The summed E-state index contributed by atoms with van der Waals surface area (Å²) < 4.78 is 30.4. The van der Waals surface area contributed by atoms with Crippen molar-refractivity contribution in [2.24, 2.45) is 5.92 Å². The largest absolute Gasteiger partial charge is 0.443 e. The fourth-order valence-corrected chi connectivity index (χ4v) is 6.44. The molecule has 0 aromatic rings. The Balaban J connectivity index is 1.22. The number of hydrogen-bond acceptors (Lipinski definition) is 7. The fraction of sp³-hybridized carbons (Fsp3) is 0.880. The molecule has 0 unspecified atom stereocenters. The summed E-state index contributed by atoms with van der Waals surface area (Å²) in [7, 11) is 1.71. The summed E-state index contributed by atoms with van der Waals surface area (Å²) in [4.78, 5) is 17.2. The maximum atomic E-state index is 13.0. The first-order chi connectivity index (χ1) is 15.7. The highest BCUT2D eigenvalue weighted by molar-refractivity contribution is 5.69. The lowest BCUT2D eigenvalue weighted by atomic mass is 9.68. The van der Waals surface area contributed by atoms with E-state index in [-0.39, 0.29) is 47.1 Å². The monoisotopic (exact) mass is 464 g/mol. The predicted octanol–water partition coefficient (Wildman–Crippen LogP) is 2.61. The maximum absolute atomic E-state index is 13.0. The number of rotatable bonds is 6. The summed E-state index contributed by atoms with van der Waals surface area (Å²) in [6, 6.07) is 0. The first-order valence-electron chi connectivity index (χ1n) is 12.5. The number of morpholine rings is 1. The van der Waals surface area contributed by atoms with Crippen LogP contribution in [-0.4, -0.2) is 104 Å². The van der Waals surface area contributed by atoms with Crippen LogP contribution >= 0.6 is 0 Å². The molecule has 8 nitrogen and oxygen atoms in total. The minimum Gasteiger partial charge on any atom is -0.443 e. The van der Waals surface area contributed by atoms with Crippen molar-refractivity contribution >= 4 is 6.09 Å². The van der Waals surface area contributed by atoms with Gasteiger partial charge in [-0.05, 0) is 46.6 Å². The smallest absolute Gasteiger partial charge is 0.410 e. The summed E-state index contributed by atoms with van der Waals surface area (Å²) in [5.41, 5.74) is 0.524. The minimum absolute atomic E-state index is 0.0413. The number of carbonyl (C=O) groups excluding carboxylic acids is 1. The standard InChI is InChI=1S/C25H40N2O6/c1-6-26-11-12-30-24(13-26)14-27(15-24)22(28)32-18-9-10-25(16-31-25)21(20(18)29-5)23(4)19(33-23)8-7-17(2)3/h7,18-21H,6,8-16H2,1-5H3/t18-,19-,20-,21-,23+,25+/m1/s1. The van der Waals surface area contributed by atoms with E-state index in [1.807, 2.05) is 0 Å². The first kappa shape index (κ1) is 23.5. The average Bonchev–Trinajstić information content (AvgIpc) is 3.69. The van der Waals surface area contributed by atoms with E-state index in [4.69, 9.17) is 23.7 Å². The molecule has 5 rings (SSSR count). The lowest BCUT2D eigenvalue weighted by Gasteiger charge is -2.53. The highest BCUT2D eigenvalue weighted by Crippen LogP contribution is 2.59. The van der Waals surface area contributed by atoms with Gasteiger partial charge in [0.25, 0.3) is 0 Å². The molecule has 1 aliphatic carbocycles. The molecule has 0 aromatic heterocycles. The minimum atomic E-state index is -0.325. The van der Waals surface area contributed by atoms with Crippen molar-refractivity contribution in [1.82, 2.24) is 9.80 Å². The highest BCUT2D eigenvalue weighted by atomic mass is 16.6. The van der Waals surface area contributed by atoms with Crippen molar-refractivity contribution in [2.45, 2.75) is 82.1 Å². The van der Waals surface area contributed by atoms with E-state index in [0.29, 0.717) is 13.1 Å². The molecule has 4 aliphatic heterocycles. The number of amides is 1. The molecule has 0 radical (unpaired) electrons. The molecular formula is C25H40N2O6. The summed E-state index contributed by atoms with van der Waals surface area (Å²) in [6.45, 7) is 14.0. The third-order valence-electron chi connectivity index (χ3n) is 8.48. The number of likely N-dealkylation sites (tertiary alicyclic amines) is 1. The summed E-state index contributed by atoms with van der Waals surface area (Å²) in [6.07, 6.45) is 4.05. The van der Waals surface area contributed by atoms with Crippen LogP contribution in [0.3, 0.4) is 0 Å². The summed E-state index contributed by atoms with van der Waals surface area (Å²) in [5.74, 6) is 0.0413. The number of likely N-dealkylation sites (N-methyl/N-ethyl adjacent to an activating group) is 1. The van der Waals surface area contributed by atoms with E-state index in [2.05, 4.69) is 38.7 Å². The second-order valence-electron chi connectivity index (χ2n) is 11.1. The van der Waals surface area contributed by atoms with Gasteiger partial charge in [0.15, 0.2) is 0 Å². The zero-order valence-corrected chi connectivity index (χ0v) is 20.8. The third kappa shape index (κ3) is 4.22. The van der Waals surface area contributed by atoms with E-state index in [0.717, 1.165) is 52.1 Å². The third-order valence-corrected chi connectivity index (χ3v) is 8.48. The fourth-order valence-electron chi connectivity index (χ4n) is 6.44. The van der Waals surface area contributed by atoms with E-state index in [1.54, 1.807) is 12.0 Å². The molecule has 0 N–H and O–H groups in total. The van der Waals surface area contributed by atoms with Gasteiger partial charge >= 0.3 is 6.09 Å². The van der Waals surface area contributed by atoms with Crippen molar-refractivity contribution in [1.29, 1.82) is 0 Å². The van der Waals surface area contributed by atoms with Crippen LogP contribution in [0.4, 0.5) is 4.79 Å². The van der Waals surface area contributed by atoms with Crippen LogP contribution in [0.25, 0.3) is 0 Å². The maximum Gasteiger partial charge on any atom is 0.410 e. The molecule has 2 spiro atoms. The number of carbonyl (C=O) groups is 1. The van der Waals surface area contributed by atoms with Crippen LogP contribution in [0.2, 0.25) is 0 Å². The SMILES string of the molecule is CCN1CCOC2(C1)CN(C(=O)O[C@@H]1CC[C@]3(CO3)[C@@H]([C@@]3(C)O[C@@H]3CC=C(C)C)[C@@H]1OC)C2. The van der Waals surface area contributed by atoms with Gasteiger partial charge in [0.05, 0.1) is 38.3 Å².